The number of halogens is 2. The van der Waals surface area contributed by atoms with E-state index in [1.165, 1.54) is 22.2 Å². The van der Waals surface area contributed by atoms with Crippen LogP contribution in [0.3, 0.4) is 0 Å². The Hall–Kier alpha value is -2.17. The third-order valence-electron chi connectivity index (χ3n) is 4.67. The first-order chi connectivity index (χ1) is 12.5. The third kappa shape index (κ3) is 3.39. The average Bonchev–Trinajstić information content (AvgIpc) is 3.11. The van der Waals surface area contributed by atoms with E-state index in [2.05, 4.69) is 35.4 Å². The number of aromatic nitrogens is 1. The summed E-state index contributed by atoms with van der Waals surface area (Å²) in [5.41, 5.74) is 4.90. The van der Waals surface area contributed by atoms with Gasteiger partial charge in [0.15, 0.2) is 6.61 Å². The molecule has 26 heavy (non-hydrogen) atoms. The minimum Gasteiger partial charge on any atom is -0.482 e. The smallest absolute Gasteiger partial charge is 0.258 e. The molecule has 1 aliphatic carbocycles. The maximum atomic E-state index is 12.2. The second kappa shape index (κ2) is 6.86. The van der Waals surface area contributed by atoms with Crippen LogP contribution in [0.2, 0.25) is 10.0 Å². The van der Waals surface area contributed by atoms with Gasteiger partial charge in [-0.2, -0.15) is 0 Å². The quantitative estimate of drug-likeness (QED) is 0.693. The van der Waals surface area contributed by atoms with Crippen molar-refractivity contribution in [1.29, 1.82) is 0 Å². The van der Waals surface area contributed by atoms with Crippen LogP contribution in [0.4, 0.5) is 0 Å². The lowest BCUT2D eigenvalue weighted by Gasteiger charge is -2.13. The SMILES string of the molecule is Cc1ccc2[nH]c3c(c2c1)CC(NC(=O)COc1ccc(Cl)cc1Cl)C3. The number of fused-ring (bicyclic) bond motifs is 3. The molecule has 0 fully saturated rings. The van der Waals surface area contributed by atoms with E-state index >= 15 is 0 Å². The molecule has 0 aliphatic heterocycles. The first-order valence-electron chi connectivity index (χ1n) is 8.47. The molecule has 3 aromatic rings. The fourth-order valence-corrected chi connectivity index (χ4v) is 3.96. The minimum atomic E-state index is -0.161. The topological polar surface area (TPSA) is 54.1 Å². The van der Waals surface area contributed by atoms with Crippen molar-refractivity contribution in [2.45, 2.75) is 25.8 Å². The zero-order valence-electron chi connectivity index (χ0n) is 14.2. The van der Waals surface area contributed by atoms with Crippen molar-refractivity contribution in [2.75, 3.05) is 6.61 Å². The van der Waals surface area contributed by atoms with Gasteiger partial charge in [-0.05, 0) is 49.2 Å². The van der Waals surface area contributed by atoms with E-state index in [0.717, 1.165) is 18.4 Å². The molecular formula is C20H18Cl2N2O2. The van der Waals surface area contributed by atoms with E-state index in [4.69, 9.17) is 27.9 Å². The second-order valence-corrected chi connectivity index (χ2v) is 7.51. The van der Waals surface area contributed by atoms with Crippen molar-refractivity contribution in [3.8, 4) is 5.75 Å². The molecule has 0 saturated carbocycles. The molecule has 1 amide bonds. The zero-order chi connectivity index (χ0) is 18.3. The van der Waals surface area contributed by atoms with E-state index in [-0.39, 0.29) is 18.6 Å². The van der Waals surface area contributed by atoms with Crippen molar-refractivity contribution in [1.82, 2.24) is 10.3 Å². The molecule has 4 rings (SSSR count). The Kier molecular flexibility index (Phi) is 4.55. The summed E-state index contributed by atoms with van der Waals surface area (Å²) >= 11 is 11.9. The van der Waals surface area contributed by atoms with Crippen molar-refractivity contribution >= 4 is 40.0 Å². The fourth-order valence-electron chi connectivity index (χ4n) is 3.50. The predicted octanol–water partition coefficient (Wildman–Crippen LogP) is 4.45. The maximum absolute atomic E-state index is 12.2. The molecule has 4 nitrogen and oxygen atoms in total. The highest BCUT2D eigenvalue weighted by Crippen LogP contribution is 2.31. The normalized spacial score (nSPS) is 15.9. The summed E-state index contributed by atoms with van der Waals surface area (Å²) in [5.74, 6) is 0.288. The first-order valence-corrected chi connectivity index (χ1v) is 9.22. The molecule has 2 aromatic carbocycles. The standard InChI is InChI=1S/C20H18Cl2N2O2/c1-11-2-4-17-14(6-11)15-8-13(9-18(15)24-17)23-20(25)10-26-19-5-3-12(21)7-16(19)22/h2-7,13,24H,8-10H2,1H3,(H,23,25). The summed E-state index contributed by atoms with van der Waals surface area (Å²) < 4.78 is 5.50. The van der Waals surface area contributed by atoms with E-state index in [1.54, 1.807) is 18.2 Å². The number of ether oxygens (including phenoxy) is 1. The molecule has 6 heteroatoms. The van der Waals surface area contributed by atoms with E-state index in [9.17, 15) is 4.79 Å². The van der Waals surface area contributed by atoms with Crippen LogP contribution in [0.5, 0.6) is 5.75 Å². The van der Waals surface area contributed by atoms with Crippen LogP contribution in [-0.2, 0) is 17.6 Å². The van der Waals surface area contributed by atoms with Gasteiger partial charge in [0.1, 0.15) is 5.75 Å². The highest BCUT2D eigenvalue weighted by molar-refractivity contribution is 6.35. The number of amides is 1. The van der Waals surface area contributed by atoms with Gasteiger partial charge in [0, 0.05) is 34.1 Å². The number of aryl methyl sites for hydroxylation is 1. The Morgan fingerprint density at radius 1 is 1.23 bits per heavy atom. The molecule has 1 atom stereocenters. The summed E-state index contributed by atoms with van der Waals surface area (Å²) in [6.45, 7) is 2.01. The number of hydrogen-bond acceptors (Lipinski definition) is 2. The summed E-state index contributed by atoms with van der Waals surface area (Å²) in [6, 6.07) is 11.4. The molecule has 2 N–H and O–H groups in total. The second-order valence-electron chi connectivity index (χ2n) is 6.67. The molecule has 0 radical (unpaired) electrons. The van der Waals surface area contributed by atoms with Crippen LogP contribution in [0.15, 0.2) is 36.4 Å². The van der Waals surface area contributed by atoms with Crippen molar-refractivity contribution in [3.05, 3.63) is 63.3 Å². The molecule has 1 unspecified atom stereocenters. The Morgan fingerprint density at radius 2 is 2.08 bits per heavy atom. The van der Waals surface area contributed by atoms with Gasteiger partial charge in [-0.15, -0.1) is 0 Å². The minimum absolute atomic E-state index is 0.0777. The summed E-state index contributed by atoms with van der Waals surface area (Å²) in [6.07, 6.45) is 1.63. The zero-order valence-corrected chi connectivity index (χ0v) is 15.7. The van der Waals surface area contributed by atoms with Crippen molar-refractivity contribution < 1.29 is 9.53 Å². The highest BCUT2D eigenvalue weighted by Gasteiger charge is 2.26. The Labute approximate surface area is 161 Å². The molecule has 0 saturated heterocycles. The van der Waals surface area contributed by atoms with Gasteiger partial charge in [0.2, 0.25) is 0 Å². The number of carbonyl (C=O) groups is 1. The molecule has 0 spiro atoms. The van der Waals surface area contributed by atoms with E-state index in [1.807, 2.05) is 0 Å². The van der Waals surface area contributed by atoms with E-state index < -0.39 is 0 Å². The number of rotatable bonds is 4. The lowest BCUT2D eigenvalue weighted by atomic mass is 10.1. The number of nitrogens with one attached hydrogen (secondary N) is 2. The molecule has 1 aromatic heterocycles. The molecule has 134 valence electrons. The van der Waals surface area contributed by atoms with Crippen LogP contribution in [0, 0.1) is 6.92 Å². The van der Waals surface area contributed by atoms with Crippen molar-refractivity contribution in [3.63, 3.8) is 0 Å². The van der Waals surface area contributed by atoms with Crippen LogP contribution >= 0.6 is 23.2 Å². The maximum Gasteiger partial charge on any atom is 0.258 e. The monoisotopic (exact) mass is 388 g/mol. The van der Waals surface area contributed by atoms with Gasteiger partial charge in [-0.1, -0.05) is 34.8 Å². The average molecular weight is 389 g/mol. The number of aromatic amines is 1. The lowest BCUT2D eigenvalue weighted by molar-refractivity contribution is -0.123. The molecular weight excluding hydrogens is 371 g/mol. The van der Waals surface area contributed by atoms with Gasteiger partial charge in [0.05, 0.1) is 5.02 Å². The van der Waals surface area contributed by atoms with Gasteiger partial charge in [0.25, 0.3) is 5.91 Å². The predicted molar refractivity (Wildman–Crippen MR) is 104 cm³/mol. The number of benzene rings is 2. The molecule has 0 bridgehead atoms. The first kappa shape index (κ1) is 17.3. The van der Waals surface area contributed by atoms with Gasteiger partial charge < -0.3 is 15.0 Å². The van der Waals surface area contributed by atoms with Gasteiger partial charge in [-0.3, -0.25) is 4.79 Å². The summed E-state index contributed by atoms with van der Waals surface area (Å²) in [4.78, 5) is 15.7. The van der Waals surface area contributed by atoms with Gasteiger partial charge in [-0.25, -0.2) is 0 Å². The van der Waals surface area contributed by atoms with Crippen LogP contribution < -0.4 is 10.1 Å². The fraction of sp³-hybridized carbons (Fsp3) is 0.250. The summed E-state index contributed by atoms with van der Waals surface area (Å²) in [7, 11) is 0. The largest absolute Gasteiger partial charge is 0.482 e. The van der Waals surface area contributed by atoms with Crippen LogP contribution in [-0.4, -0.2) is 23.5 Å². The number of carbonyl (C=O) groups excluding carboxylic acids is 1. The number of H-pyrrole nitrogens is 1. The van der Waals surface area contributed by atoms with Crippen molar-refractivity contribution in [2.24, 2.45) is 0 Å². The Bertz CT molecular complexity index is 997. The van der Waals surface area contributed by atoms with Crippen LogP contribution in [0.1, 0.15) is 16.8 Å². The molecule has 1 heterocycles. The highest BCUT2D eigenvalue weighted by atomic mass is 35.5. The van der Waals surface area contributed by atoms with Crippen LogP contribution in [0.25, 0.3) is 10.9 Å². The van der Waals surface area contributed by atoms with E-state index in [0.29, 0.717) is 15.8 Å². The van der Waals surface area contributed by atoms with Gasteiger partial charge >= 0.3 is 0 Å². The lowest BCUT2D eigenvalue weighted by Crippen LogP contribution is -2.38. The summed E-state index contributed by atoms with van der Waals surface area (Å²) in [5, 5.41) is 5.21. The Morgan fingerprint density at radius 3 is 2.88 bits per heavy atom. The molecule has 1 aliphatic rings. The number of hydrogen-bond donors (Lipinski definition) is 2. The Balaban J connectivity index is 1.37. The third-order valence-corrected chi connectivity index (χ3v) is 5.20.